The predicted molar refractivity (Wildman–Crippen MR) is 53.6 cm³/mol. The molecule has 15 heavy (non-hydrogen) atoms. The third-order valence-electron chi connectivity index (χ3n) is 2.35. The van der Waals surface area contributed by atoms with Crippen LogP contribution in [0.25, 0.3) is 0 Å². The van der Waals surface area contributed by atoms with Gasteiger partial charge in [0.25, 0.3) is 0 Å². The van der Waals surface area contributed by atoms with Gasteiger partial charge in [-0.2, -0.15) is 5.26 Å². The van der Waals surface area contributed by atoms with E-state index in [1.54, 1.807) is 0 Å². The molecule has 0 radical (unpaired) electrons. The van der Waals surface area contributed by atoms with Crippen molar-refractivity contribution in [2.75, 3.05) is 6.61 Å². The minimum Gasteiger partial charge on any atom is -0.396 e. The highest BCUT2D eigenvalue weighted by Gasteiger charge is 2.20. The minimum absolute atomic E-state index is 0.102. The highest BCUT2D eigenvalue weighted by Crippen LogP contribution is 2.24. The quantitative estimate of drug-likeness (QED) is 0.824. The fourth-order valence-corrected chi connectivity index (χ4v) is 1.40. The fraction of sp³-hybridized carbons (Fsp3) is 0.455. The molecule has 3 nitrogen and oxygen atoms in total. The van der Waals surface area contributed by atoms with E-state index in [0.717, 1.165) is 6.07 Å². The number of rotatable bonds is 3. The van der Waals surface area contributed by atoms with Crippen LogP contribution in [-0.2, 0) is 0 Å². The summed E-state index contributed by atoms with van der Waals surface area (Å²) in [7, 11) is 0. The Bertz CT molecular complexity index is 385. The van der Waals surface area contributed by atoms with E-state index >= 15 is 0 Å². The summed E-state index contributed by atoms with van der Waals surface area (Å²) >= 11 is 0. The van der Waals surface area contributed by atoms with Gasteiger partial charge in [0, 0.05) is 12.1 Å². The second-order valence-corrected chi connectivity index (χ2v) is 3.74. The maximum Gasteiger partial charge on any atom is 0.146 e. The summed E-state index contributed by atoms with van der Waals surface area (Å²) < 4.78 is 13.5. The first-order chi connectivity index (χ1) is 7.10. The van der Waals surface area contributed by atoms with E-state index in [0.29, 0.717) is 0 Å². The Morgan fingerprint density at radius 2 is 2.27 bits per heavy atom. The number of nitrogens with zero attached hydrogens (tertiary/aromatic N) is 2. The molecule has 1 aromatic heterocycles. The molecular formula is C11H13FN2O. The molecule has 0 aromatic carbocycles. The summed E-state index contributed by atoms with van der Waals surface area (Å²) in [6, 6.07) is 2.96. The SMILES string of the molecule is CC(C)C(CO)c1ncc(C#N)cc1F. The molecule has 1 unspecified atom stereocenters. The van der Waals surface area contributed by atoms with Crippen LogP contribution in [0.2, 0.25) is 0 Å². The number of hydrogen-bond donors (Lipinski definition) is 1. The molecule has 1 rings (SSSR count). The zero-order valence-electron chi connectivity index (χ0n) is 8.74. The third-order valence-corrected chi connectivity index (χ3v) is 2.35. The topological polar surface area (TPSA) is 56.9 Å². The van der Waals surface area contributed by atoms with E-state index in [-0.39, 0.29) is 29.7 Å². The second-order valence-electron chi connectivity index (χ2n) is 3.74. The second kappa shape index (κ2) is 4.85. The van der Waals surface area contributed by atoms with Crippen molar-refractivity contribution in [3.8, 4) is 6.07 Å². The number of nitriles is 1. The molecule has 0 spiro atoms. The van der Waals surface area contributed by atoms with Crippen molar-refractivity contribution in [1.29, 1.82) is 5.26 Å². The molecule has 0 amide bonds. The Hall–Kier alpha value is -1.47. The summed E-state index contributed by atoms with van der Waals surface area (Å²) in [4.78, 5) is 3.88. The molecule has 0 saturated heterocycles. The van der Waals surface area contributed by atoms with Gasteiger partial charge >= 0.3 is 0 Å². The van der Waals surface area contributed by atoms with Gasteiger partial charge in [0.15, 0.2) is 0 Å². The van der Waals surface area contributed by atoms with Gasteiger partial charge in [-0.15, -0.1) is 0 Å². The fourth-order valence-electron chi connectivity index (χ4n) is 1.40. The average molecular weight is 208 g/mol. The molecule has 0 fully saturated rings. The number of halogens is 1. The maximum atomic E-state index is 13.5. The molecule has 0 aliphatic rings. The van der Waals surface area contributed by atoms with Crippen LogP contribution in [0.3, 0.4) is 0 Å². The molecule has 80 valence electrons. The van der Waals surface area contributed by atoms with Crippen molar-refractivity contribution in [2.24, 2.45) is 5.92 Å². The molecule has 0 saturated carbocycles. The van der Waals surface area contributed by atoms with Crippen LogP contribution in [0, 0.1) is 23.1 Å². The number of aromatic nitrogens is 1. The Kier molecular flexibility index (Phi) is 3.75. The number of aliphatic hydroxyl groups excluding tert-OH is 1. The molecule has 0 aliphatic heterocycles. The largest absolute Gasteiger partial charge is 0.396 e. The lowest BCUT2D eigenvalue weighted by molar-refractivity contribution is 0.231. The number of aliphatic hydroxyl groups is 1. The zero-order valence-corrected chi connectivity index (χ0v) is 8.74. The molecule has 1 N–H and O–H groups in total. The van der Waals surface area contributed by atoms with Crippen LogP contribution >= 0.6 is 0 Å². The van der Waals surface area contributed by atoms with Gasteiger partial charge in [-0.05, 0) is 12.0 Å². The van der Waals surface area contributed by atoms with Crippen LogP contribution in [0.1, 0.15) is 31.0 Å². The lowest BCUT2D eigenvalue weighted by Gasteiger charge is -2.17. The minimum atomic E-state index is -0.526. The van der Waals surface area contributed by atoms with E-state index in [1.807, 2.05) is 19.9 Å². The van der Waals surface area contributed by atoms with E-state index in [9.17, 15) is 4.39 Å². The Morgan fingerprint density at radius 3 is 2.67 bits per heavy atom. The van der Waals surface area contributed by atoms with Crippen molar-refractivity contribution in [3.05, 3.63) is 29.3 Å². The van der Waals surface area contributed by atoms with Gasteiger partial charge in [0.05, 0.1) is 17.9 Å². The van der Waals surface area contributed by atoms with Crippen LogP contribution in [0.5, 0.6) is 0 Å². The predicted octanol–water partition coefficient (Wildman–Crippen LogP) is 1.82. The summed E-state index contributed by atoms with van der Waals surface area (Å²) in [6.07, 6.45) is 1.32. The Morgan fingerprint density at radius 1 is 1.60 bits per heavy atom. The van der Waals surface area contributed by atoms with Crippen LogP contribution in [0.4, 0.5) is 4.39 Å². The molecule has 0 aliphatic carbocycles. The van der Waals surface area contributed by atoms with Gasteiger partial charge in [-0.1, -0.05) is 13.8 Å². The molecule has 0 bridgehead atoms. The number of pyridine rings is 1. The first-order valence-electron chi connectivity index (χ1n) is 4.76. The zero-order chi connectivity index (χ0) is 11.4. The van der Waals surface area contributed by atoms with Crippen LogP contribution in [0.15, 0.2) is 12.3 Å². The maximum absolute atomic E-state index is 13.5. The lowest BCUT2D eigenvalue weighted by atomic mass is 9.92. The third kappa shape index (κ3) is 2.51. The Balaban J connectivity index is 3.10. The monoisotopic (exact) mass is 208 g/mol. The van der Waals surface area contributed by atoms with Gasteiger partial charge < -0.3 is 5.11 Å². The highest BCUT2D eigenvalue weighted by atomic mass is 19.1. The summed E-state index contributed by atoms with van der Waals surface area (Å²) in [5, 5.41) is 17.7. The van der Waals surface area contributed by atoms with E-state index < -0.39 is 5.82 Å². The van der Waals surface area contributed by atoms with Crippen molar-refractivity contribution in [1.82, 2.24) is 4.98 Å². The van der Waals surface area contributed by atoms with Gasteiger partial charge in [-0.25, -0.2) is 4.39 Å². The summed E-state index contributed by atoms with van der Waals surface area (Å²) in [5.41, 5.74) is 0.420. The summed E-state index contributed by atoms with van der Waals surface area (Å²) in [6.45, 7) is 3.63. The van der Waals surface area contributed by atoms with E-state index in [1.165, 1.54) is 6.20 Å². The first-order valence-corrected chi connectivity index (χ1v) is 4.76. The van der Waals surface area contributed by atoms with Crippen molar-refractivity contribution >= 4 is 0 Å². The lowest BCUT2D eigenvalue weighted by Crippen LogP contribution is -2.15. The van der Waals surface area contributed by atoms with Crippen molar-refractivity contribution in [3.63, 3.8) is 0 Å². The molecule has 1 aromatic rings. The summed E-state index contributed by atoms with van der Waals surface area (Å²) in [5.74, 6) is -0.746. The smallest absolute Gasteiger partial charge is 0.146 e. The van der Waals surface area contributed by atoms with Crippen LogP contribution in [-0.4, -0.2) is 16.7 Å². The standard InChI is InChI=1S/C11H13FN2O/c1-7(2)9(6-15)11-10(12)3-8(4-13)5-14-11/h3,5,7,9,15H,6H2,1-2H3. The highest BCUT2D eigenvalue weighted by molar-refractivity contribution is 5.28. The number of hydrogen-bond acceptors (Lipinski definition) is 3. The van der Waals surface area contributed by atoms with E-state index in [4.69, 9.17) is 10.4 Å². The van der Waals surface area contributed by atoms with Gasteiger partial charge in [-0.3, -0.25) is 4.98 Å². The first kappa shape index (κ1) is 11.6. The molecule has 4 heteroatoms. The van der Waals surface area contributed by atoms with E-state index in [2.05, 4.69) is 4.98 Å². The van der Waals surface area contributed by atoms with Gasteiger partial charge in [0.1, 0.15) is 11.9 Å². The molecular weight excluding hydrogens is 195 g/mol. The normalized spacial score (nSPS) is 12.5. The van der Waals surface area contributed by atoms with Crippen molar-refractivity contribution < 1.29 is 9.50 Å². The average Bonchev–Trinajstić information content (AvgIpc) is 2.20. The van der Waals surface area contributed by atoms with Crippen LogP contribution < -0.4 is 0 Å². The van der Waals surface area contributed by atoms with Crippen molar-refractivity contribution in [2.45, 2.75) is 19.8 Å². The van der Waals surface area contributed by atoms with Gasteiger partial charge in [0.2, 0.25) is 0 Å². The Labute approximate surface area is 88.2 Å². The molecule has 1 atom stereocenters. The molecule has 1 heterocycles.